The lowest BCUT2D eigenvalue weighted by molar-refractivity contribution is -0.953. The number of quaternary nitrogens is 1. The minimum atomic E-state index is 0.945. The first-order valence-corrected chi connectivity index (χ1v) is 28.0. The van der Waals surface area contributed by atoms with E-state index in [0.29, 0.717) is 0 Å². The molecule has 0 atom stereocenters. The van der Waals surface area contributed by atoms with Crippen molar-refractivity contribution >= 4 is 64.6 Å². The second-order valence-corrected chi connectivity index (χ2v) is 22.5. The fourth-order valence-electron chi connectivity index (χ4n) is 14.5. The second kappa shape index (κ2) is 18.7. The van der Waals surface area contributed by atoms with Gasteiger partial charge in [-0.2, -0.15) is 0 Å². The average Bonchev–Trinajstić information content (AvgIpc) is 3.85. The van der Waals surface area contributed by atoms with Crippen LogP contribution in [0.2, 0.25) is 0 Å². The van der Waals surface area contributed by atoms with Crippen molar-refractivity contribution < 1.29 is 4.48 Å². The first-order valence-electron chi connectivity index (χ1n) is 28.0. The molecule has 368 valence electrons. The van der Waals surface area contributed by atoms with Gasteiger partial charge in [0.25, 0.3) is 0 Å². The lowest BCUT2D eigenvalue weighted by Crippen LogP contribution is -2.48. The molecule has 0 amide bonds. The third kappa shape index (κ3) is 7.83. The maximum Gasteiger partial charge on any atom is 0.105 e. The molecule has 3 nitrogen and oxygen atoms in total. The van der Waals surface area contributed by atoms with E-state index < -0.39 is 0 Å². The highest BCUT2D eigenvalue weighted by atomic mass is 15.4. The highest BCUT2D eigenvalue weighted by Gasteiger charge is 2.36. The monoisotopic (exact) mass is 980 g/mol. The van der Waals surface area contributed by atoms with Crippen molar-refractivity contribution in [2.45, 2.75) is 58.5 Å². The van der Waals surface area contributed by atoms with Crippen LogP contribution in [-0.4, -0.2) is 40.5 Å². The summed E-state index contributed by atoms with van der Waals surface area (Å²) >= 11 is 0. The van der Waals surface area contributed by atoms with Crippen molar-refractivity contribution in [2.75, 3.05) is 26.2 Å². The number of fused-ring (bicyclic) bond motifs is 21. The van der Waals surface area contributed by atoms with E-state index in [4.69, 9.17) is 0 Å². The van der Waals surface area contributed by atoms with Gasteiger partial charge in [-0.1, -0.05) is 218 Å². The topological polar surface area (TPSA) is 6.48 Å². The quantitative estimate of drug-likeness (QED) is 0.105. The molecule has 0 N–H and O–H groups in total. The summed E-state index contributed by atoms with van der Waals surface area (Å²) in [6.45, 7) is 10.2. The lowest BCUT2D eigenvalue weighted by atomic mass is 9.88. The molecule has 0 saturated carbocycles. The molecule has 0 radical (unpaired) electrons. The van der Waals surface area contributed by atoms with Crippen LogP contribution in [0.1, 0.15) is 52.6 Å². The van der Waals surface area contributed by atoms with E-state index in [0.717, 1.165) is 82.8 Å². The number of rotatable bonds is 9. The van der Waals surface area contributed by atoms with Crippen LogP contribution >= 0.6 is 0 Å². The Morgan fingerprint density at radius 3 is 0.816 bits per heavy atom. The summed E-state index contributed by atoms with van der Waals surface area (Å²) in [5.41, 5.74) is 17.4. The van der Waals surface area contributed by atoms with Crippen molar-refractivity contribution in [3.05, 3.63) is 252 Å². The van der Waals surface area contributed by atoms with Gasteiger partial charge in [0.2, 0.25) is 0 Å². The molecule has 0 unspecified atom stereocenters. The standard InChI is InChI=1S/C73H62N3/c1-7-22-62-50(16-1)28-34-56-44-74(45-57-35-29-51-17-2-8-23-63(51)69(57)68(56)62)40-13-14-42-76(48-60-38-32-54-20-5-11-26-66(54)72(60)73-61(49-76)39-33-55-21-6-12-27-67(55)73)43-15-41-75-46-58-36-30-52-18-3-9-24-64(52)70(58)71-59(47-75)37-31-53-19-4-10-25-65(53)71/h1-12,16-39H,13-15,40-49H2/q+1. The predicted octanol–water partition coefficient (Wildman–Crippen LogP) is 17.6. The molecule has 0 aliphatic carbocycles. The van der Waals surface area contributed by atoms with Crippen molar-refractivity contribution in [3.8, 4) is 33.4 Å². The van der Waals surface area contributed by atoms with Gasteiger partial charge >= 0.3 is 0 Å². The number of hydrogen-bond acceptors (Lipinski definition) is 2. The highest BCUT2D eigenvalue weighted by molar-refractivity contribution is 6.10. The van der Waals surface area contributed by atoms with E-state index in [1.54, 1.807) is 0 Å². The molecule has 3 aliphatic heterocycles. The summed E-state index contributed by atoms with van der Waals surface area (Å²) in [5.74, 6) is 0. The Morgan fingerprint density at radius 1 is 0.250 bits per heavy atom. The van der Waals surface area contributed by atoms with Gasteiger partial charge in [0, 0.05) is 50.3 Å². The zero-order chi connectivity index (χ0) is 50.2. The third-order valence-corrected chi connectivity index (χ3v) is 17.9. The van der Waals surface area contributed by atoms with Crippen molar-refractivity contribution in [1.82, 2.24) is 9.80 Å². The molecular formula is C73H62N3+. The fraction of sp³-hybridized carbons (Fsp3) is 0.178. The van der Waals surface area contributed by atoms with Crippen LogP contribution < -0.4 is 0 Å². The van der Waals surface area contributed by atoms with Gasteiger partial charge in [-0.25, -0.2) is 0 Å². The van der Waals surface area contributed by atoms with Crippen molar-refractivity contribution in [3.63, 3.8) is 0 Å². The molecule has 0 saturated heterocycles. The molecule has 0 spiro atoms. The van der Waals surface area contributed by atoms with Crippen LogP contribution in [0.4, 0.5) is 0 Å². The largest absolute Gasteiger partial charge is 0.316 e. The molecule has 0 bridgehead atoms. The van der Waals surface area contributed by atoms with Crippen LogP contribution in [0, 0.1) is 0 Å². The van der Waals surface area contributed by atoms with E-state index in [9.17, 15) is 0 Å². The molecule has 12 aromatic rings. The second-order valence-electron chi connectivity index (χ2n) is 22.5. The molecule has 3 heteroatoms. The maximum atomic E-state index is 2.77. The first kappa shape index (κ1) is 45.5. The predicted molar refractivity (Wildman–Crippen MR) is 320 cm³/mol. The van der Waals surface area contributed by atoms with E-state index >= 15 is 0 Å². The number of benzene rings is 12. The van der Waals surface area contributed by atoms with E-state index in [1.807, 2.05) is 0 Å². The molecule has 12 aromatic carbocycles. The van der Waals surface area contributed by atoms with E-state index in [1.165, 1.54) is 138 Å². The van der Waals surface area contributed by atoms with Gasteiger partial charge in [-0.15, -0.1) is 0 Å². The summed E-state index contributed by atoms with van der Waals surface area (Å²) in [4.78, 5) is 5.53. The Morgan fingerprint density at radius 2 is 0.500 bits per heavy atom. The van der Waals surface area contributed by atoms with Crippen molar-refractivity contribution in [2.24, 2.45) is 0 Å². The molecular weight excluding hydrogens is 919 g/mol. The number of unbranched alkanes of at least 4 members (excludes halogenated alkanes) is 1. The zero-order valence-electron chi connectivity index (χ0n) is 43.3. The summed E-state index contributed by atoms with van der Waals surface area (Å²) < 4.78 is 1.05. The Hall–Kier alpha value is -7.92. The van der Waals surface area contributed by atoms with Crippen LogP contribution in [-0.2, 0) is 39.3 Å². The molecule has 15 rings (SSSR count). The van der Waals surface area contributed by atoms with Gasteiger partial charge in [0.05, 0.1) is 13.1 Å². The Kier molecular flexibility index (Phi) is 11.2. The average molecular weight is 981 g/mol. The van der Waals surface area contributed by atoms with Crippen LogP contribution in [0.3, 0.4) is 0 Å². The summed E-state index contributed by atoms with van der Waals surface area (Å²) in [7, 11) is 0. The number of hydrogen-bond donors (Lipinski definition) is 0. The van der Waals surface area contributed by atoms with E-state index in [-0.39, 0.29) is 0 Å². The maximum absolute atomic E-state index is 2.77. The summed E-state index contributed by atoms with van der Waals surface area (Å²) in [6, 6.07) is 83.3. The SMILES string of the molecule is c1ccc2c3c(ccc2c1)CN(CCCC[N+]1(CCCN2Cc4ccc5ccccc5c4-c4c(ccc5ccccc45)C2)Cc2ccc4ccccc4c2-c2c(ccc4ccccc24)C1)Cc1ccc2ccccc2c1-3. The fourth-order valence-corrected chi connectivity index (χ4v) is 14.5. The summed E-state index contributed by atoms with van der Waals surface area (Å²) in [5, 5.41) is 16.1. The third-order valence-electron chi connectivity index (χ3n) is 17.9. The Bertz CT molecular complexity index is 4000. The van der Waals surface area contributed by atoms with Gasteiger partial charge in [-0.3, -0.25) is 9.80 Å². The Balaban J connectivity index is 0.777. The minimum Gasteiger partial charge on any atom is -0.316 e. The van der Waals surface area contributed by atoms with Crippen LogP contribution in [0.5, 0.6) is 0 Å². The zero-order valence-corrected chi connectivity index (χ0v) is 43.3. The first-order chi connectivity index (χ1) is 37.6. The number of nitrogens with zero attached hydrogens (tertiary/aromatic N) is 3. The van der Waals surface area contributed by atoms with Gasteiger partial charge in [0.15, 0.2) is 0 Å². The molecule has 76 heavy (non-hydrogen) atoms. The smallest absolute Gasteiger partial charge is 0.105 e. The molecule has 0 fully saturated rings. The van der Waals surface area contributed by atoms with Gasteiger partial charge < -0.3 is 4.48 Å². The molecule has 3 aliphatic rings. The molecule has 0 aromatic heterocycles. The van der Waals surface area contributed by atoms with Crippen LogP contribution in [0.15, 0.2) is 218 Å². The normalized spacial score (nSPS) is 15.2. The molecule has 3 heterocycles. The van der Waals surface area contributed by atoms with Crippen molar-refractivity contribution in [1.29, 1.82) is 0 Å². The van der Waals surface area contributed by atoms with Gasteiger partial charge in [0.1, 0.15) is 13.1 Å². The van der Waals surface area contributed by atoms with E-state index in [2.05, 4.69) is 228 Å². The van der Waals surface area contributed by atoms with Crippen LogP contribution in [0.25, 0.3) is 98.0 Å². The Labute approximate surface area is 446 Å². The lowest BCUT2D eigenvalue weighted by Gasteiger charge is -2.39. The minimum absolute atomic E-state index is 0.945. The highest BCUT2D eigenvalue weighted by Crippen LogP contribution is 2.47. The summed E-state index contributed by atoms with van der Waals surface area (Å²) in [6.07, 6.45) is 3.45. The van der Waals surface area contributed by atoms with Gasteiger partial charge in [-0.05, 0) is 140 Å².